The third kappa shape index (κ3) is 7.08. The lowest BCUT2D eigenvalue weighted by Gasteiger charge is -2.20. The van der Waals surface area contributed by atoms with E-state index in [1.54, 1.807) is 30.3 Å². The van der Waals surface area contributed by atoms with Gasteiger partial charge in [-0.15, -0.1) is 18.3 Å². The highest BCUT2D eigenvalue weighted by molar-refractivity contribution is 8.15. The zero-order valence-corrected chi connectivity index (χ0v) is 24.3. The fourth-order valence-corrected chi connectivity index (χ4v) is 5.38. The molecule has 0 saturated carbocycles. The van der Waals surface area contributed by atoms with Crippen molar-refractivity contribution in [3.05, 3.63) is 90.3 Å². The van der Waals surface area contributed by atoms with E-state index < -0.39 is 24.6 Å². The van der Waals surface area contributed by atoms with E-state index in [0.717, 1.165) is 17.3 Å². The zero-order valence-electron chi connectivity index (χ0n) is 23.5. The van der Waals surface area contributed by atoms with Gasteiger partial charge in [0.2, 0.25) is 5.91 Å². The molecule has 1 aliphatic heterocycles. The molecule has 0 aliphatic carbocycles. The van der Waals surface area contributed by atoms with Crippen LogP contribution in [0, 0.1) is 0 Å². The van der Waals surface area contributed by atoms with Crippen molar-refractivity contribution in [2.24, 2.45) is 4.99 Å². The molecule has 4 aromatic rings. The van der Waals surface area contributed by atoms with Gasteiger partial charge in [0.1, 0.15) is 18.2 Å². The number of amidine groups is 1. The number of para-hydroxylation sites is 1. The molecule has 1 fully saturated rings. The van der Waals surface area contributed by atoms with Gasteiger partial charge in [-0.3, -0.25) is 9.69 Å². The van der Waals surface area contributed by atoms with E-state index in [-0.39, 0.29) is 22.6 Å². The lowest BCUT2D eigenvalue weighted by atomic mass is 10.0. The summed E-state index contributed by atoms with van der Waals surface area (Å²) in [4.78, 5) is 35.0. The Kier molecular flexibility index (Phi) is 8.99. The van der Waals surface area contributed by atoms with Crippen LogP contribution in [0.5, 0.6) is 5.75 Å². The van der Waals surface area contributed by atoms with Gasteiger partial charge in [-0.2, -0.15) is 4.99 Å². The number of hydrogen-bond acceptors (Lipinski definition) is 6. The SMILES string of the molecule is CCc1ccccc1N1C(=O)CSC1=NC(=O)NC(C)C(F)c1ccc(-c2ncn(-c3ccc(OC(F)(F)F)cc3)n2)cc1. The standard InChI is InChI=1S/C30H26F4N6O3S/c1-3-19-6-4-5-7-24(19)40-25(41)16-44-29(40)37-28(42)36-18(2)26(31)20-8-10-21(11-9-20)27-35-17-39(38-27)22-12-14-23(15-13-22)43-30(32,33)34/h4-15,17-18,26H,3,16H2,1-2H3,(H,36,42). The van der Waals surface area contributed by atoms with Gasteiger partial charge in [0, 0.05) is 5.56 Å². The number of hydrogen-bond donors (Lipinski definition) is 1. The van der Waals surface area contributed by atoms with E-state index >= 15 is 4.39 Å². The molecular formula is C30H26F4N6O3S. The van der Waals surface area contributed by atoms with E-state index in [1.165, 1.54) is 47.1 Å². The van der Waals surface area contributed by atoms with Gasteiger partial charge in [0.15, 0.2) is 11.0 Å². The van der Waals surface area contributed by atoms with Crippen LogP contribution in [0.25, 0.3) is 17.1 Å². The fraction of sp³-hybridized carbons (Fsp3) is 0.233. The minimum Gasteiger partial charge on any atom is -0.406 e. The number of nitrogens with zero attached hydrogens (tertiary/aromatic N) is 5. The Morgan fingerprint density at radius 2 is 1.80 bits per heavy atom. The summed E-state index contributed by atoms with van der Waals surface area (Å²) in [5, 5.41) is 7.13. The summed E-state index contributed by atoms with van der Waals surface area (Å²) in [7, 11) is 0. The Hall–Kier alpha value is -4.72. The average molecular weight is 627 g/mol. The van der Waals surface area contributed by atoms with Crippen molar-refractivity contribution in [2.75, 3.05) is 10.7 Å². The Bertz CT molecular complexity index is 1680. The third-order valence-corrected chi connectivity index (χ3v) is 7.60. The van der Waals surface area contributed by atoms with E-state index in [4.69, 9.17) is 0 Å². The molecule has 1 saturated heterocycles. The number of aryl methyl sites for hydroxylation is 1. The monoisotopic (exact) mass is 626 g/mol. The summed E-state index contributed by atoms with van der Waals surface area (Å²) in [5.74, 6) is -0.0824. The van der Waals surface area contributed by atoms with E-state index in [0.29, 0.717) is 34.7 Å². The molecule has 44 heavy (non-hydrogen) atoms. The van der Waals surface area contributed by atoms with Gasteiger partial charge in [0.25, 0.3) is 0 Å². The Morgan fingerprint density at radius 3 is 2.48 bits per heavy atom. The number of alkyl halides is 4. The molecule has 1 aliphatic rings. The first-order chi connectivity index (χ1) is 21.0. The van der Waals surface area contributed by atoms with Crippen molar-refractivity contribution in [3.8, 4) is 22.8 Å². The number of aromatic nitrogens is 3. The zero-order chi connectivity index (χ0) is 31.4. The van der Waals surface area contributed by atoms with Gasteiger partial charge < -0.3 is 10.1 Å². The maximum absolute atomic E-state index is 15.4. The first-order valence-electron chi connectivity index (χ1n) is 13.5. The van der Waals surface area contributed by atoms with Crippen molar-refractivity contribution < 1.29 is 31.9 Å². The highest BCUT2D eigenvalue weighted by Crippen LogP contribution is 2.30. The number of carbonyl (C=O) groups excluding carboxylic acids is 2. The number of halogens is 4. The maximum atomic E-state index is 15.4. The molecule has 3 aromatic carbocycles. The fourth-order valence-electron chi connectivity index (χ4n) is 4.52. The van der Waals surface area contributed by atoms with Gasteiger partial charge in [-0.1, -0.05) is 61.2 Å². The summed E-state index contributed by atoms with van der Waals surface area (Å²) in [6, 6.07) is 17.2. The third-order valence-electron chi connectivity index (χ3n) is 6.68. The molecule has 3 amide bonds. The lowest BCUT2D eigenvalue weighted by molar-refractivity contribution is -0.274. The predicted molar refractivity (Wildman–Crippen MR) is 159 cm³/mol. The van der Waals surface area contributed by atoms with E-state index in [2.05, 4.69) is 25.1 Å². The molecule has 2 heterocycles. The van der Waals surface area contributed by atoms with Crippen LogP contribution in [0.3, 0.4) is 0 Å². The largest absolute Gasteiger partial charge is 0.573 e. The number of thioether (sulfide) groups is 1. The smallest absolute Gasteiger partial charge is 0.406 e. The molecule has 1 aromatic heterocycles. The Balaban J connectivity index is 1.22. The number of nitrogens with one attached hydrogen (secondary N) is 1. The van der Waals surface area contributed by atoms with Crippen LogP contribution in [0.4, 0.5) is 28.0 Å². The van der Waals surface area contributed by atoms with Gasteiger partial charge in [0.05, 0.1) is 23.2 Å². The van der Waals surface area contributed by atoms with Gasteiger partial charge in [-0.25, -0.2) is 18.9 Å². The molecule has 2 unspecified atom stereocenters. The molecule has 228 valence electrons. The van der Waals surface area contributed by atoms with Crippen LogP contribution >= 0.6 is 11.8 Å². The molecule has 14 heteroatoms. The maximum Gasteiger partial charge on any atom is 0.573 e. The van der Waals surface area contributed by atoms with Crippen LogP contribution in [-0.2, 0) is 11.2 Å². The highest BCUT2D eigenvalue weighted by atomic mass is 32.2. The van der Waals surface area contributed by atoms with Crippen molar-refractivity contribution in [2.45, 2.75) is 38.8 Å². The summed E-state index contributed by atoms with van der Waals surface area (Å²) in [5.41, 5.74) is 2.95. The quantitative estimate of drug-likeness (QED) is 0.220. The first-order valence-corrected chi connectivity index (χ1v) is 14.5. The van der Waals surface area contributed by atoms with Crippen LogP contribution in [0.1, 0.15) is 31.1 Å². The number of ether oxygens (including phenoxy) is 1. The molecule has 0 radical (unpaired) electrons. The predicted octanol–water partition coefficient (Wildman–Crippen LogP) is 6.64. The van der Waals surface area contributed by atoms with E-state index in [9.17, 15) is 22.8 Å². The number of rotatable bonds is 8. The minimum atomic E-state index is -4.79. The number of amides is 3. The number of aliphatic imine (C=N–C) groups is 1. The Labute approximate surface area is 254 Å². The van der Waals surface area contributed by atoms with Gasteiger partial charge in [-0.05, 0) is 54.8 Å². The number of anilines is 1. The summed E-state index contributed by atoms with van der Waals surface area (Å²) >= 11 is 1.15. The molecule has 2 atom stereocenters. The number of carbonyl (C=O) groups is 2. The average Bonchev–Trinajstić information content (AvgIpc) is 3.63. The van der Waals surface area contributed by atoms with Gasteiger partial charge >= 0.3 is 12.4 Å². The van der Waals surface area contributed by atoms with Crippen LogP contribution in [-0.4, -0.2) is 50.0 Å². The molecular weight excluding hydrogens is 600 g/mol. The van der Waals surface area contributed by atoms with Crippen molar-refractivity contribution >= 4 is 34.6 Å². The lowest BCUT2D eigenvalue weighted by Crippen LogP contribution is -2.36. The minimum absolute atomic E-state index is 0.147. The second-order valence-electron chi connectivity index (χ2n) is 9.71. The molecule has 0 bridgehead atoms. The van der Waals surface area contributed by atoms with Crippen LogP contribution < -0.4 is 15.0 Å². The number of urea groups is 1. The number of benzene rings is 3. The van der Waals surface area contributed by atoms with Crippen LogP contribution in [0.2, 0.25) is 0 Å². The molecule has 5 rings (SSSR count). The first kappa shape index (κ1) is 30.7. The Morgan fingerprint density at radius 1 is 1.09 bits per heavy atom. The van der Waals surface area contributed by atoms with Crippen molar-refractivity contribution in [1.82, 2.24) is 20.1 Å². The normalized spacial score (nSPS) is 15.8. The van der Waals surface area contributed by atoms with Crippen LogP contribution in [0.15, 0.2) is 84.1 Å². The molecule has 1 N–H and O–H groups in total. The van der Waals surface area contributed by atoms with E-state index in [1.807, 2.05) is 25.1 Å². The summed E-state index contributed by atoms with van der Waals surface area (Å²) < 4.78 is 57.8. The highest BCUT2D eigenvalue weighted by Gasteiger charge is 2.32. The topological polar surface area (TPSA) is 102 Å². The molecule has 9 nitrogen and oxygen atoms in total. The molecule has 0 spiro atoms. The second-order valence-corrected chi connectivity index (χ2v) is 10.7. The summed E-state index contributed by atoms with van der Waals surface area (Å²) in [6.07, 6.45) is -4.26. The second kappa shape index (κ2) is 12.9. The van der Waals surface area contributed by atoms with Crippen molar-refractivity contribution in [3.63, 3.8) is 0 Å². The summed E-state index contributed by atoms with van der Waals surface area (Å²) in [6.45, 7) is 3.49. The van der Waals surface area contributed by atoms with Crippen molar-refractivity contribution in [1.29, 1.82) is 0 Å².